The van der Waals surface area contributed by atoms with Gasteiger partial charge in [-0.25, -0.2) is 8.78 Å². The number of carbonyl (C=O) groups is 1. The molecular weight excluding hydrogens is 159 g/mol. The van der Waals surface area contributed by atoms with Gasteiger partial charge < -0.3 is 0 Å². The van der Waals surface area contributed by atoms with E-state index in [1.165, 1.54) is 0 Å². The Morgan fingerprint density at radius 2 is 1.50 bits per heavy atom. The highest BCUT2D eigenvalue weighted by Crippen LogP contribution is 2.17. The van der Waals surface area contributed by atoms with Crippen molar-refractivity contribution in [2.45, 2.75) is 6.43 Å². The van der Waals surface area contributed by atoms with E-state index < -0.39 is 24.1 Å². The third-order valence-corrected chi connectivity index (χ3v) is 0.634. The fraction of sp³-hybridized carbons (Fsp3) is 0.250. The van der Waals surface area contributed by atoms with E-state index in [0.29, 0.717) is 0 Å². The van der Waals surface area contributed by atoms with Crippen molar-refractivity contribution in [3.8, 4) is 0 Å². The van der Waals surface area contributed by atoms with Gasteiger partial charge in [0.15, 0.2) is 5.57 Å². The van der Waals surface area contributed by atoms with Gasteiger partial charge in [0.2, 0.25) is 0 Å². The molecule has 0 unspecified atom stereocenters. The molecule has 0 fully saturated rings. The lowest BCUT2D eigenvalue weighted by Crippen LogP contribution is -2.06. The summed E-state index contributed by atoms with van der Waals surface area (Å²) in [5, 5.41) is 0. The van der Waals surface area contributed by atoms with Gasteiger partial charge in [-0.15, -0.1) is 0 Å². The maximum Gasteiger partial charge on any atom is 0.339 e. The lowest BCUT2D eigenvalue weighted by molar-refractivity contribution is -0.126. The average Bonchev–Trinajstić information content (AvgIpc) is 1.59. The van der Waals surface area contributed by atoms with E-state index in [0.717, 1.165) is 0 Å². The molecule has 0 heterocycles. The zero-order valence-corrected chi connectivity index (χ0v) is 4.38. The molecule has 0 aromatic heterocycles. The monoisotopic (exact) mass is 160 g/mol. The third-order valence-electron chi connectivity index (χ3n) is 0.634. The second-order valence-electron chi connectivity index (χ2n) is 1.25. The minimum atomic E-state index is -3.76. The first kappa shape index (κ1) is 9.06. The summed E-state index contributed by atoms with van der Waals surface area (Å²) in [6, 6.07) is -2.80. The van der Waals surface area contributed by atoms with Gasteiger partial charge in [-0.05, 0) is 0 Å². The summed E-state index contributed by atoms with van der Waals surface area (Å²) >= 11 is 0. The first-order valence-electron chi connectivity index (χ1n) is 2.00. The minimum absolute atomic E-state index is 2.36. The molecule has 1 nitrogen and oxygen atoms in total. The quantitative estimate of drug-likeness (QED) is 0.342. The second-order valence-corrected chi connectivity index (χ2v) is 1.25. The molecule has 58 valence electrons. The Bertz CT molecular complexity index is 168. The summed E-state index contributed by atoms with van der Waals surface area (Å²) in [4.78, 5) is 9.34. The molecule has 0 bridgehead atoms. The van der Waals surface area contributed by atoms with Gasteiger partial charge in [-0.2, -0.15) is 13.2 Å². The van der Waals surface area contributed by atoms with E-state index in [1.807, 2.05) is 0 Å². The maximum atomic E-state index is 11.2. The van der Waals surface area contributed by atoms with E-state index >= 15 is 0 Å². The lowest BCUT2D eigenvalue weighted by atomic mass is 10.3. The van der Waals surface area contributed by atoms with Gasteiger partial charge in [-0.3, -0.25) is 4.79 Å². The molecular formula is C4HF5O. The normalized spacial score (nSPS) is 9.80. The van der Waals surface area contributed by atoms with Crippen LogP contribution in [0.3, 0.4) is 0 Å². The summed E-state index contributed by atoms with van der Waals surface area (Å²) in [6.07, 6.45) is -6.75. The van der Waals surface area contributed by atoms with Crippen LogP contribution in [0.5, 0.6) is 0 Å². The first-order chi connectivity index (χ1) is 4.46. The minimum Gasteiger partial charge on any atom is -0.255 e. The topological polar surface area (TPSA) is 17.1 Å². The van der Waals surface area contributed by atoms with Gasteiger partial charge in [0.05, 0.1) is 0 Å². The number of hydrogen-bond acceptors (Lipinski definition) is 1. The number of allylic oxidation sites excluding steroid dienone is 1. The molecule has 10 heavy (non-hydrogen) atoms. The Morgan fingerprint density at radius 1 is 1.10 bits per heavy atom. The number of halogens is 5. The highest BCUT2D eigenvalue weighted by molar-refractivity contribution is 5.88. The van der Waals surface area contributed by atoms with Crippen LogP contribution in [0.25, 0.3) is 0 Å². The molecule has 0 rings (SSSR count). The predicted molar refractivity (Wildman–Crippen MR) is 21.4 cm³/mol. The van der Waals surface area contributed by atoms with Crippen molar-refractivity contribution >= 4 is 6.04 Å². The summed E-state index contributed by atoms with van der Waals surface area (Å²) in [5.41, 5.74) is -2.36. The molecule has 0 spiro atoms. The van der Waals surface area contributed by atoms with E-state index in [9.17, 15) is 26.7 Å². The summed E-state index contributed by atoms with van der Waals surface area (Å²) in [5.74, 6) is 0. The van der Waals surface area contributed by atoms with Gasteiger partial charge in [0.1, 0.15) is 0 Å². The van der Waals surface area contributed by atoms with E-state index in [1.54, 1.807) is 0 Å². The highest BCUT2D eigenvalue weighted by atomic mass is 19.3. The Hall–Kier alpha value is -0.940. The van der Waals surface area contributed by atoms with Crippen LogP contribution >= 0.6 is 0 Å². The SMILES string of the molecule is O=C(F)C(=C(F)F)C(F)F. The van der Waals surface area contributed by atoms with Crippen molar-refractivity contribution in [1.29, 1.82) is 0 Å². The van der Waals surface area contributed by atoms with Crippen LogP contribution in [0.15, 0.2) is 11.7 Å². The standard InChI is InChI=1S/C4HF5O/c5-2(6)1(3(7)8)4(9)10/h2H. The maximum absolute atomic E-state index is 11.2. The largest absolute Gasteiger partial charge is 0.339 e. The number of carbonyl (C=O) groups excluding carboxylic acids is 1. The molecule has 0 saturated carbocycles. The second kappa shape index (κ2) is 3.28. The van der Waals surface area contributed by atoms with Crippen molar-refractivity contribution in [3.63, 3.8) is 0 Å². The highest BCUT2D eigenvalue weighted by Gasteiger charge is 2.25. The molecule has 0 aliphatic rings. The fourth-order valence-corrected chi connectivity index (χ4v) is 0.243. The predicted octanol–water partition coefficient (Wildman–Crippen LogP) is 1.90. The molecule has 6 heteroatoms. The molecule has 0 atom stereocenters. The number of rotatable bonds is 2. The Kier molecular flexibility index (Phi) is 2.98. The van der Waals surface area contributed by atoms with Crippen LogP contribution in [0, 0.1) is 0 Å². The lowest BCUT2D eigenvalue weighted by Gasteiger charge is -1.94. The fourth-order valence-electron chi connectivity index (χ4n) is 0.243. The van der Waals surface area contributed by atoms with Crippen LogP contribution in [-0.2, 0) is 4.79 Å². The van der Waals surface area contributed by atoms with Crippen molar-refractivity contribution in [1.82, 2.24) is 0 Å². The Labute approximate surface area is 52.1 Å². The van der Waals surface area contributed by atoms with Crippen LogP contribution in [-0.4, -0.2) is 12.5 Å². The Balaban J connectivity index is 4.61. The molecule has 0 aliphatic heterocycles. The number of hydrogen-bond donors (Lipinski definition) is 0. The van der Waals surface area contributed by atoms with Crippen LogP contribution in [0.2, 0.25) is 0 Å². The van der Waals surface area contributed by atoms with Crippen LogP contribution < -0.4 is 0 Å². The van der Waals surface area contributed by atoms with Gasteiger partial charge in [-0.1, -0.05) is 0 Å². The van der Waals surface area contributed by atoms with Gasteiger partial charge in [0, 0.05) is 0 Å². The van der Waals surface area contributed by atoms with Crippen LogP contribution in [0.4, 0.5) is 22.0 Å². The summed E-state index contributed by atoms with van der Waals surface area (Å²) in [7, 11) is 0. The zero-order chi connectivity index (χ0) is 8.31. The Morgan fingerprint density at radius 3 is 1.50 bits per heavy atom. The van der Waals surface area contributed by atoms with Crippen molar-refractivity contribution in [2.24, 2.45) is 0 Å². The molecule has 0 aliphatic carbocycles. The molecule has 0 aromatic rings. The van der Waals surface area contributed by atoms with Crippen LogP contribution in [0.1, 0.15) is 0 Å². The zero-order valence-electron chi connectivity index (χ0n) is 4.38. The molecule has 0 radical (unpaired) electrons. The van der Waals surface area contributed by atoms with E-state index in [-0.39, 0.29) is 0 Å². The molecule has 0 aromatic carbocycles. The van der Waals surface area contributed by atoms with Gasteiger partial charge in [0.25, 0.3) is 12.5 Å². The summed E-state index contributed by atoms with van der Waals surface area (Å²) in [6.45, 7) is 0. The third kappa shape index (κ3) is 2.12. The van der Waals surface area contributed by atoms with Crippen molar-refractivity contribution in [2.75, 3.05) is 0 Å². The van der Waals surface area contributed by atoms with E-state index in [4.69, 9.17) is 0 Å². The number of alkyl halides is 2. The van der Waals surface area contributed by atoms with E-state index in [2.05, 4.69) is 0 Å². The van der Waals surface area contributed by atoms with Gasteiger partial charge >= 0.3 is 6.04 Å². The average molecular weight is 160 g/mol. The molecule has 0 saturated heterocycles. The smallest absolute Gasteiger partial charge is 0.255 e. The van der Waals surface area contributed by atoms with Crippen molar-refractivity contribution < 1.29 is 26.7 Å². The first-order valence-corrected chi connectivity index (χ1v) is 2.00. The summed E-state index contributed by atoms with van der Waals surface area (Å²) < 4.78 is 55.9. The molecule has 0 N–H and O–H groups in total. The van der Waals surface area contributed by atoms with Crippen molar-refractivity contribution in [3.05, 3.63) is 11.7 Å². The molecule has 0 amide bonds.